The molecule has 148 valence electrons. The molecule has 8 heteroatoms. The van der Waals surface area contributed by atoms with E-state index >= 15 is 0 Å². The minimum atomic E-state index is -0.378. The van der Waals surface area contributed by atoms with Crippen molar-refractivity contribution in [2.45, 2.75) is 0 Å². The van der Waals surface area contributed by atoms with Crippen LogP contribution in [-0.4, -0.2) is 44.9 Å². The Morgan fingerprint density at radius 3 is 2.45 bits per heavy atom. The predicted octanol–water partition coefficient (Wildman–Crippen LogP) is 0.986. The summed E-state index contributed by atoms with van der Waals surface area (Å²) in [7, 11) is 3.17. The number of fused-ring (bicyclic) bond motifs is 2. The standard InChI is InChI=1S/C21H22N6O2/c1-24-18-17(19(28)25(2)21(24)29)27(20(23-18)26-12-10-22-11-13-26)16-9-5-7-14-6-3-4-8-15(14)16/h3-9,22H,10-13H2,1-2H3. The summed E-state index contributed by atoms with van der Waals surface area (Å²) in [6.45, 7) is 3.25. The molecular formula is C21H22N6O2. The van der Waals surface area contributed by atoms with Gasteiger partial charge < -0.3 is 10.2 Å². The molecule has 0 amide bonds. The molecule has 2 aromatic heterocycles. The lowest BCUT2D eigenvalue weighted by molar-refractivity contribution is 0.578. The summed E-state index contributed by atoms with van der Waals surface area (Å²) in [5, 5.41) is 5.46. The lowest BCUT2D eigenvalue weighted by Crippen LogP contribution is -2.44. The molecule has 1 saturated heterocycles. The van der Waals surface area contributed by atoms with Gasteiger partial charge in [0.25, 0.3) is 5.56 Å². The minimum Gasteiger partial charge on any atom is -0.339 e. The number of piperazine rings is 1. The third-order valence-corrected chi connectivity index (χ3v) is 5.65. The van der Waals surface area contributed by atoms with Crippen molar-refractivity contribution in [1.82, 2.24) is 24.0 Å². The van der Waals surface area contributed by atoms with Crippen LogP contribution in [0.1, 0.15) is 0 Å². The highest BCUT2D eigenvalue weighted by atomic mass is 16.2. The van der Waals surface area contributed by atoms with Gasteiger partial charge in [0, 0.05) is 45.7 Å². The van der Waals surface area contributed by atoms with E-state index in [0.29, 0.717) is 17.1 Å². The largest absolute Gasteiger partial charge is 0.339 e. The third-order valence-electron chi connectivity index (χ3n) is 5.65. The van der Waals surface area contributed by atoms with E-state index < -0.39 is 0 Å². The Bertz CT molecular complexity index is 1350. The van der Waals surface area contributed by atoms with Crippen LogP contribution in [0.2, 0.25) is 0 Å². The average molecular weight is 390 g/mol. The second kappa shape index (κ2) is 6.59. The first kappa shape index (κ1) is 17.7. The van der Waals surface area contributed by atoms with Crippen molar-refractivity contribution in [3.63, 3.8) is 0 Å². The maximum absolute atomic E-state index is 13.2. The molecule has 0 bridgehead atoms. The summed E-state index contributed by atoms with van der Waals surface area (Å²) >= 11 is 0. The molecule has 1 N–H and O–H groups in total. The Morgan fingerprint density at radius 1 is 0.931 bits per heavy atom. The van der Waals surface area contributed by atoms with Crippen LogP contribution in [0.4, 0.5) is 5.95 Å². The lowest BCUT2D eigenvalue weighted by atomic mass is 10.1. The first-order valence-electron chi connectivity index (χ1n) is 9.70. The molecule has 5 rings (SSSR count). The normalized spacial score (nSPS) is 14.8. The predicted molar refractivity (Wildman–Crippen MR) is 114 cm³/mol. The average Bonchev–Trinajstić information content (AvgIpc) is 3.17. The van der Waals surface area contributed by atoms with Crippen molar-refractivity contribution in [1.29, 1.82) is 0 Å². The summed E-state index contributed by atoms with van der Waals surface area (Å²) in [6.07, 6.45) is 0. The Balaban J connectivity index is 1.94. The van der Waals surface area contributed by atoms with Gasteiger partial charge in [-0.3, -0.25) is 18.5 Å². The fraction of sp³-hybridized carbons (Fsp3) is 0.286. The molecule has 0 spiro atoms. The van der Waals surface area contributed by atoms with Crippen LogP contribution in [-0.2, 0) is 14.1 Å². The zero-order valence-electron chi connectivity index (χ0n) is 16.4. The van der Waals surface area contributed by atoms with Gasteiger partial charge >= 0.3 is 5.69 Å². The van der Waals surface area contributed by atoms with E-state index in [1.54, 1.807) is 7.05 Å². The zero-order chi connectivity index (χ0) is 20.1. The van der Waals surface area contributed by atoms with E-state index in [1.807, 2.05) is 34.9 Å². The second-order valence-corrected chi connectivity index (χ2v) is 7.36. The summed E-state index contributed by atoms with van der Waals surface area (Å²) in [6, 6.07) is 14.1. The van der Waals surface area contributed by atoms with Gasteiger partial charge in [-0.1, -0.05) is 36.4 Å². The van der Waals surface area contributed by atoms with Crippen molar-refractivity contribution < 1.29 is 0 Å². The molecule has 1 aliphatic heterocycles. The number of aryl methyl sites for hydroxylation is 1. The third kappa shape index (κ3) is 2.60. The minimum absolute atomic E-state index is 0.343. The maximum atomic E-state index is 13.2. The zero-order valence-corrected chi connectivity index (χ0v) is 16.4. The molecule has 1 fully saturated rings. The fourth-order valence-corrected chi connectivity index (χ4v) is 4.09. The molecule has 2 aromatic carbocycles. The monoisotopic (exact) mass is 390 g/mol. The molecule has 3 heterocycles. The van der Waals surface area contributed by atoms with E-state index in [0.717, 1.165) is 47.2 Å². The van der Waals surface area contributed by atoms with E-state index in [-0.39, 0.29) is 11.2 Å². The number of benzene rings is 2. The first-order valence-corrected chi connectivity index (χ1v) is 9.70. The van der Waals surface area contributed by atoms with Crippen molar-refractivity contribution in [3.8, 4) is 5.69 Å². The van der Waals surface area contributed by atoms with Gasteiger partial charge in [0.1, 0.15) is 0 Å². The number of aromatic nitrogens is 4. The van der Waals surface area contributed by atoms with Gasteiger partial charge in [-0.2, -0.15) is 4.98 Å². The van der Waals surface area contributed by atoms with Crippen LogP contribution in [0.15, 0.2) is 52.1 Å². The Kier molecular flexibility index (Phi) is 4.02. The molecule has 4 aromatic rings. The van der Waals surface area contributed by atoms with Crippen LogP contribution in [0.25, 0.3) is 27.6 Å². The number of nitrogens with zero attached hydrogens (tertiary/aromatic N) is 5. The number of anilines is 1. The molecular weight excluding hydrogens is 368 g/mol. The SMILES string of the molecule is Cn1c(=O)c2c(nc(N3CCNCC3)n2-c2cccc3ccccc23)n(C)c1=O. The van der Waals surface area contributed by atoms with Gasteiger partial charge in [-0.15, -0.1) is 0 Å². The van der Waals surface area contributed by atoms with Crippen molar-refractivity contribution >= 4 is 27.9 Å². The number of imidazole rings is 1. The van der Waals surface area contributed by atoms with Gasteiger partial charge in [0.2, 0.25) is 5.95 Å². The molecule has 0 radical (unpaired) electrons. The molecule has 0 aliphatic carbocycles. The number of hydrogen-bond acceptors (Lipinski definition) is 5. The van der Waals surface area contributed by atoms with Crippen molar-refractivity contribution in [2.24, 2.45) is 14.1 Å². The molecule has 1 aliphatic rings. The van der Waals surface area contributed by atoms with Gasteiger partial charge in [-0.25, -0.2) is 4.79 Å². The highest BCUT2D eigenvalue weighted by molar-refractivity contribution is 5.93. The molecule has 8 nitrogen and oxygen atoms in total. The second-order valence-electron chi connectivity index (χ2n) is 7.36. The highest BCUT2D eigenvalue weighted by Gasteiger charge is 2.25. The first-order chi connectivity index (χ1) is 14.1. The molecule has 0 saturated carbocycles. The van der Waals surface area contributed by atoms with Crippen LogP contribution in [0.5, 0.6) is 0 Å². The topological polar surface area (TPSA) is 77.1 Å². The number of rotatable bonds is 2. The number of nitrogens with one attached hydrogen (secondary N) is 1. The van der Waals surface area contributed by atoms with E-state index in [1.165, 1.54) is 11.6 Å². The van der Waals surface area contributed by atoms with E-state index in [4.69, 9.17) is 4.98 Å². The number of hydrogen-bond donors (Lipinski definition) is 1. The Hall–Kier alpha value is -3.39. The van der Waals surface area contributed by atoms with E-state index in [9.17, 15) is 9.59 Å². The summed E-state index contributed by atoms with van der Waals surface area (Å²) < 4.78 is 4.52. The summed E-state index contributed by atoms with van der Waals surface area (Å²) in [5.41, 5.74) is 0.982. The Morgan fingerprint density at radius 2 is 1.66 bits per heavy atom. The van der Waals surface area contributed by atoms with Crippen molar-refractivity contribution in [3.05, 3.63) is 63.3 Å². The lowest BCUT2D eigenvalue weighted by Gasteiger charge is -2.29. The van der Waals surface area contributed by atoms with Crippen LogP contribution in [0.3, 0.4) is 0 Å². The molecule has 29 heavy (non-hydrogen) atoms. The maximum Gasteiger partial charge on any atom is 0.332 e. The Labute approximate surface area is 166 Å². The van der Waals surface area contributed by atoms with Gasteiger partial charge in [0.05, 0.1) is 5.69 Å². The fourth-order valence-electron chi connectivity index (χ4n) is 4.09. The highest BCUT2D eigenvalue weighted by Crippen LogP contribution is 2.30. The van der Waals surface area contributed by atoms with Gasteiger partial charge in [0.15, 0.2) is 11.2 Å². The van der Waals surface area contributed by atoms with Crippen LogP contribution >= 0.6 is 0 Å². The summed E-state index contributed by atoms with van der Waals surface area (Å²) in [5.74, 6) is 0.691. The molecule has 0 unspecified atom stereocenters. The smallest absolute Gasteiger partial charge is 0.332 e. The summed E-state index contributed by atoms with van der Waals surface area (Å²) in [4.78, 5) is 32.6. The molecule has 0 atom stereocenters. The van der Waals surface area contributed by atoms with E-state index in [2.05, 4.69) is 22.3 Å². The van der Waals surface area contributed by atoms with Crippen molar-refractivity contribution in [2.75, 3.05) is 31.1 Å². The van der Waals surface area contributed by atoms with Crippen LogP contribution in [0, 0.1) is 0 Å². The van der Waals surface area contributed by atoms with Crippen LogP contribution < -0.4 is 21.5 Å². The quantitative estimate of drug-likeness (QED) is 0.552. The van der Waals surface area contributed by atoms with Gasteiger partial charge in [-0.05, 0) is 11.5 Å².